The molecular formula is C31H41N5O7S. The smallest absolute Gasteiger partial charge is 0.410 e. The molecule has 0 aromatic heterocycles. The number of rotatable bonds is 7. The van der Waals surface area contributed by atoms with Gasteiger partial charge in [-0.25, -0.2) is 13.2 Å². The standard InChI is InChI=1S/C31H41N5O7S/c1-30(2,3)42-26(37)20-34(7)44(40,41)22-11-8-10-21(18-22)32-19-23-27-24(33-28(23)38)12-9-13-25(27)35-14-16-36(17-15-35)29(39)43-31(4,5)6/h8-13,18-19,32H,14-17,20H2,1-7H3,(H,33,38)/b23-19-. The lowest BCUT2D eigenvalue weighted by molar-refractivity contribution is -0.154. The molecular weight excluding hydrogens is 586 g/mol. The topological polar surface area (TPSA) is 138 Å². The van der Waals surface area contributed by atoms with E-state index in [2.05, 4.69) is 15.5 Å². The molecule has 0 atom stereocenters. The third kappa shape index (κ3) is 7.88. The van der Waals surface area contributed by atoms with Crippen molar-refractivity contribution < 1.29 is 32.3 Å². The third-order valence-electron chi connectivity index (χ3n) is 6.77. The van der Waals surface area contributed by atoms with Gasteiger partial charge in [0.05, 0.1) is 16.2 Å². The molecule has 2 amide bonds. The summed E-state index contributed by atoms with van der Waals surface area (Å²) in [5.74, 6) is -0.955. The number of esters is 1. The SMILES string of the molecule is CN(CC(=O)OC(C)(C)C)S(=O)(=O)c1cccc(N/C=C2\C(=O)Nc3cccc(N4CCN(C(=O)OC(C)(C)C)CC4)c32)c1. The van der Waals surface area contributed by atoms with Crippen molar-refractivity contribution in [2.24, 2.45) is 0 Å². The zero-order chi connectivity index (χ0) is 32.4. The van der Waals surface area contributed by atoms with E-state index in [-0.39, 0.29) is 16.9 Å². The molecule has 2 aromatic rings. The summed E-state index contributed by atoms with van der Waals surface area (Å²) in [5.41, 5.74) is 1.74. The van der Waals surface area contributed by atoms with Gasteiger partial charge in [0.2, 0.25) is 10.0 Å². The molecule has 0 aliphatic carbocycles. The third-order valence-corrected chi connectivity index (χ3v) is 8.57. The molecule has 2 N–H and O–H groups in total. The van der Waals surface area contributed by atoms with Crippen molar-refractivity contribution in [3.8, 4) is 0 Å². The number of nitrogens with one attached hydrogen (secondary N) is 2. The lowest BCUT2D eigenvalue weighted by Crippen LogP contribution is -2.50. The zero-order valence-corrected chi connectivity index (χ0v) is 27.1. The molecule has 44 heavy (non-hydrogen) atoms. The second kappa shape index (κ2) is 12.5. The van der Waals surface area contributed by atoms with Gasteiger partial charge in [-0.1, -0.05) is 12.1 Å². The van der Waals surface area contributed by atoms with Crippen LogP contribution in [0, 0.1) is 0 Å². The van der Waals surface area contributed by atoms with Gasteiger partial charge in [-0.05, 0) is 71.9 Å². The van der Waals surface area contributed by atoms with Crippen LogP contribution in [0.15, 0.2) is 53.6 Å². The minimum Gasteiger partial charge on any atom is -0.459 e. The minimum absolute atomic E-state index is 0.0215. The maximum atomic E-state index is 13.2. The van der Waals surface area contributed by atoms with Crippen LogP contribution in [-0.4, -0.2) is 86.6 Å². The van der Waals surface area contributed by atoms with Gasteiger partial charge in [-0.15, -0.1) is 0 Å². The second-order valence-corrected chi connectivity index (χ2v) is 14.7. The molecule has 0 radical (unpaired) electrons. The highest BCUT2D eigenvalue weighted by Crippen LogP contribution is 2.39. The van der Waals surface area contributed by atoms with Crippen molar-refractivity contribution >= 4 is 50.6 Å². The summed E-state index contributed by atoms with van der Waals surface area (Å²) in [5, 5.41) is 5.97. The Morgan fingerprint density at radius 2 is 1.61 bits per heavy atom. The summed E-state index contributed by atoms with van der Waals surface area (Å²) >= 11 is 0. The molecule has 0 spiro atoms. The van der Waals surface area contributed by atoms with Crippen LogP contribution in [0.25, 0.3) is 5.57 Å². The van der Waals surface area contributed by atoms with Crippen LogP contribution < -0.4 is 15.5 Å². The van der Waals surface area contributed by atoms with Crippen LogP contribution in [0.5, 0.6) is 0 Å². The highest BCUT2D eigenvalue weighted by atomic mass is 32.2. The van der Waals surface area contributed by atoms with Crippen LogP contribution in [0.2, 0.25) is 0 Å². The van der Waals surface area contributed by atoms with E-state index in [0.29, 0.717) is 43.1 Å². The van der Waals surface area contributed by atoms with Crippen LogP contribution in [-0.2, 0) is 29.1 Å². The first-order valence-corrected chi connectivity index (χ1v) is 15.8. The fourth-order valence-electron chi connectivity index (χ4n) is 4.81. The number of piperazine rings is 1. The van der Waals surface area contributed by atoms with Crippen molar-refractivity contribution in [2.75, 3.05) is 55.3 Å². The Bertz CT molecular complexity index is 1570. The highest BCUT2D eigenvalue weighted by molar-refractivity contribution is 7.89. The highest BCUT2D eigenvalue weighted by Gasteiger charge is 2.32. The van der Waals surface area contributed by atoms with Crippen molar-refractivity contribution in [2.45, 2.75) is 57.6 Å². The summed E-state index contributed by atoms with van der Waals surface area (Å²) in [4.78, 5) is 41.6. The number of nitrogens with zero attached hydrogens (tertiary/aromatic N) is 3. The van der Waals surface area contributed by atoms with Crippen molar-refractivity contribution in [3.63, 3.8) is 0 Å². The summed E-state index contributed by atoms with van der Waals surface area (Å²) in [7, 11) is -2.69. The number of hydrogen-bond donors (Lipinski definition) is 2. The summed E-state index contributed by atoms with van der Waals surface area (Å²) in [6, 6.07) is 11.8. The molecule has 0 saturated carbocycles. The predicted molar refractivity (Wildman–Crippen MR) is 169 cm³/mol. The average Bonchev–Trinajstić information content (AvgIpc) is 3.25. The molecule has 2 heterocycles. The molecule has 12 nitrogen and oxygen atoms in total. The Morgan fingerprint density at radius 3 is 2.25 bits per heavy atom. The van der Waals surface area contributed by atoms with Gasteiger partial charge in [-0.3, -0.25) is 9.59 Å². The van der Waals surface area contributed by atoms with Crippen molar-refractivity contribution in [3.05, 3.63) is 54.2 Å². The lowest BCUT2D eigenvalue weighted by atomic mass is 10.0. The molecule has 1 fully saturated rings. The second-order valence-electron chi connectivity index (χ2n) is 12.7. The number of amides is 2. The lowest BCUT2D eigenvalue weighted by Gasteiger charge is -2.37. The first kappa shape index (κ1) is 32.8. The number of fused-ring (bicyclic) bond motifs is 1. The van der Waals surface area contributed by atoms with E-state index in [4.69, 9.17) is 9.47 Å². The van der Waals surface area contributed by atoms with E-state index < -0.39 is 33.7 Å². The zero-order valence-electron chi connectivity index (χ0n) is 26.3. The molecule has 1 saturated heterocycles. The van der Waals surface area contributed by atoms with Gasteiger partial charge >= 0.3 is 12.1 Å². The van der Waals surface area contributed by atoms with Crippen molar-refractivity contribution in [1.29, 1.82) is 0 Å². The number of likely N-dealkylation sites (N-methyl/N-ethyl adjacent to an activating group) is 1. The average molecular weight is 628 g/mol. The number of sulfonamides is 1. The van der Waals surface area contributed by atoms with E-state index in [0.717, 1.165) is 15.6 Å². The fourth-order valence-corrected chi connectivity index (χ4v) is 5.97. The van der Waals surface area contributed by atoms with Gasteiger partial charge in [-0.2, -0.15) is 4.31 Å². The summed E-state index contributed by atoms with van der Waals surface area (Å²) in [6.45, 7) is 12.3. The molecule has 2 aliphatic heterocycles. The molecule has 4 rings (SSSR count). The van der Waals surface area contributed by atoms with E-state index in [1.54, 1.807) is 44.0 Å². The van der Waals surface area contributed by atoms with Gasteiger partial charge in [0.15, 0.2) is 0 Å². The largest absolute Gasteiger partial charge is 0.459 e. The maximum absolute atomic E-state index is 13.2. The predicted octanol–water partition coefficient (Wildman–Crippen LogP) is 4.11. The van der Waals surface area contributed by atoms with E-state index in [9.17, 15) is 22.8 Å². The Hall–Kier alpha value is -4.10. The molecule has 0 unspecified atom stereocenters. The Labute approximate surface area is 259 Å². The Balaban J connectivity index is 1.50. The molecule has 238 valence electrons. The number of hydrogen-bond acceptors (Lipinski definition) is 9. The van der Waals surface area contributed by atoms with Crippen LogP contribution in [0.1, 0.15) is 47.1 Å². The molecule has 2 aliphatic rings. The van der Waals surface area contributed by atoms with Gasteiger partial charge in [0.1, 0.15) is 17.7 Å². The Kier molecular flexibility index (Phi) is 9.31. The first-order valence-electron chi connectivity index (χ1n) is 14.4. The number of benzene rings is 2. The molecule has 2 aromatic carbocycles. The maximum Gasteiger partial charge on any atom is 0.410 e. The normalized spacial score (nSPS) is 16.5. The van der Waals surface area contributed by atoms with Crippen LogP contribution in [0.4, 0.5) is 21.9 Å². The quantitative estimate of drug-likeness (QED) is 0.343. The minimum atomic E-state index is -4.00. The number of anilines is 3. The van der Waals surface area contributed by atoms with Gasteiger partial charge in [0.25, 0.3) is 5.91 Å². The Morgan fingerprint density at radius 1 is 0.977 bits per heavy atom. The molecule has 0 bridgehead atoms. The number of carbonyl (C=O) groups is 3. The number of carbonyl (C=O) groups excluding carboxylic acids is 3. The monoisotopic (exact) mass is 627 g/mol. The van der Waals surface area contributed by atoms with Crippen molar-refractivity contribution in [1.82, 2.24) is 9.21 Å². The summed E-state index contributed by atoms with van der Waals surface area (Å²) in [6.07, 6.45) is 1.20. The fraction of sp³-hybridized carbons (Fsp3) is 0.452. The van der Waals surface area contributed by atoms with Crippen LogP contribution >= 0.6 is 0 Å². The van der Waals surface area contributed by atoms with Crippen LogP contribution in [0.3, 0.4) is 0 Å². The molecule has 13 heteroatoms. The van der Waals surface area contributed by atoms with E-state index in [1.807, 2.05) is 39.0 Å². The number of ether oxygens (including phenoxy) is 2. The van der Waals surface area contributed by atoms with E-state index >= 15 is 0 Å². The van der Waals surface area contributed by atoms with Gasteiger partial charge < -0.3 is 29.9 Å². The summed E-state index contributed by atoms with van der Waals surface area (Å²) < 4.78 is 38.1. The first-order chi connectivity index (χ1) is 20.4. The van der Waals surface area contributed by atoms with E-state index in [1.165, 1.54) is 19.2 Å². The van der Waals surface area contributed by atoms with Gasteiger partial charge in [0, 0.05) is 56.4 Å².